The number of aliphatic carboxylic acids is 1. The van der Waals surface area contributed by atoms with E-state index in [2.05, 4.69) is 4.98 Å². The number of thiophene rings is 1. The van der Waals surface area contributed by atoms with Gasteiger partial charge >= 0.3 is 11.7 Å². The zero-order chi connectivity index (χ0) is 30.6. The molecule has 0 bridgehead atoms. The van der Waals surface area contributed by atoms with E-state index >= 15 is 0 Å². The highest BCUT2D eigenvalue weighted by Gasteiger charge is 2.42. The van der Waals surface area contributed by atoms with Gasteiger partial charge in [0.05, 0.1) is 36.2 Å². The second-order valence-electron chi connectivity index (χ2n) is 12.2. The Morgan fingerprint density at radius 3 is 2.50 bits per heavy atom. The molecule has 3 N–H and O–H groups in total. The number of carboxylic acid groups (broad SMARTS) is 1. The minimum Gasteiger partial charge on any atom is -0.496 e. The number of fused-ring (bicyclic) bond motifs is 2. The third kappa shape index (κ3) is 5.38. The second-order valence-corrected chi connectivity index (χ2v) is 13.2. The molecule has 2 saturated carbocycles. The number of aromatic nitrogens is 3. The van der Waals surface area contributed by atoms with Crippen molar-refractivity contribution in [1.29, 1.82) is 0 Å². The number of hydrogen-bond donors (Lipinski definition) is 2. The van der Waals surface area contributed by atoms with E-state index in [9.17, 15) is 19.5 Å². The fraction of sp³-hybridized carbons (Fsp3) is 0.484. The number of ether oxygens (including phenoxy) is 2. The molecule has 2 fully saturated rings. The lowest BCUT2D eigenvalue weighted by atomic mass is 10.0. The zero-order valence-electron chi connectivity index (χ0n) is 25.0. The molecule has 3 unspecified atom stereocenters. The van der Waals surface area contributed by atoms with Crippen LogP contribution in [-0.2, 0) is 21.6 Å². The molecule has 13 heteroatoms. The van der Waals surface area contributed by atoms with Gasteiger partial charge in [0.2, 0.25) is 5.89 Å². The molecule has 2 aliphatic rings. The summed E-state index contributed by atoms with van der Waals surface area (Å²) in [5.74, 6) is 0.642. The van der Waals surface area contributed by atoms with Crippen LogP contribution in [0.1, 0.15) is 56.8 Å². The first-order valence-corrected chi connectivity index (χ1v) is 15.3. The number of nitrogens with zero attached hydrogens (tertiary/aromatic N) is 3. The number of hydrogen-bond acceptors (Lipinski definition) is 9. The van der Waals surface area contributed by atoms with Gasteiger partial charge in [-0.05, 0) is 69.9 Å². The molecule has 11 nitrogen and oxygen atoms in total. The van der Waals surface area contributed by atoms with Crippen LogP contribution in [0.3, 0.4) is 0 Å². The summed E-state index contributed by atoms with van der Waals surface area (Å²) in [5.41, 5.74) is 4.32. The standard InChI is InChI=1S/C31H36N4O7S.ClH/c1-16-24-27(36)35(31(2,3)29(37)38)30(39)34(28(24)43-25(16)26-33-9-10-41-26)15-23(21-7-5-6-8-22(21)40-4)42-20-13-17-11-19(32)12-18(17)14-20;/h5-10,17-20,23H,11-15,32H2,1-4H3,(H,37,38);1H/t17-,18+,19?,20?,23?;. The van der Waals surface area contributed by atoms with Gasteiger partial charge in [-0.15, -0.1) is 23.7 Å². The van der Waals surface area contributed by atoms with Crippen LogP contribution in [0.25, 0.3) is 21.0 Å². The maximum Gasteiger partial charge on any atom is 0.333 e. The molecule has 0 spiro atoms. The molecule has 4 aromatic rings. The monoisotopic (exact) mass is 644 g/mol. The van der Waals surface area contributed by atoms with Crippen LogP contribution in [-0.4, -0.2) is 44.4 Å². The normalized spacial score (nSPS) is 22.1. The molecule has 0 saturated heterocycles. The Morgan fingerprint density at radius 1 is 1.20 bits per heavy atom. The van der Waals surface area contributed by atoms with Crippen molar-refractivity contribution in [2.24, 2.45) is 17.6 Å². The maximum atomic E-state index is 14.2. The molecule has 44 heavy (non-hydrogen) atoms. The number of carboxylic acids is 1. The van der Waals surface area contributed by atoms with Crippen molar-refractivity contribution in [1.82, 2.24) is 14.1 Å². The summed E-state index contributed by atoms with van der Waals surface area (Å²) in [5, 5.41) is 10.3. The Morgan fingerprint density at radius 2 is 1.89 bits per heavy atom. The second kappa shape index (κ2) is 12.2. The Labute approximate surface area is 264 Å². The van der Waals surface area contributed by atoms with Gasteiger partial charge in [0.15, 0.2) is 0 Å². The summed E-state index contributed by atoms with van der Waals surface area (Å²) < 4.78 is 20.4. The van der Waals surface area contributed by atoms with E-state index in [1.165, 1.54) is 42.2 Å². The van der Waals surface area contributed by atoms with Gasteiger partial charge in [-0.3, -0.25) is 9.36 Å². The number of rotatable bonds is 9. The topological polar surface area (TPSA) is 152 Å². The van der Waals surface area contributed by atoms with Gasteiger partial charge < -0.3 is 24.7 Å². The van der Waals surface area contributed by atoms with Crippen molar-refractivity contribution in [3.8, 4) is 16.5 Å². The van der Waals surface area contributed by atoms with Crippen LogP contribution in [0.5, 0.6) is 5.75 Å². The molecule has 3 aromatic heterocycles. The molecule has 0 radical (unpaired) electrons. The van der Waals surface area contributed by atoms with Crippen LogP contribution in [0.4, 0.5) is 0 Å². The molecular weight excluding hydrogens is 608 g/mol. The Balaban J connectivity index is 0.00000384. The number of carbonyl (C=O) groups is 1. The number of para-hydroxylation sites is 1. The smallest absolute Gasteiger partial charge is 0.333 e. The van der Waals surface area contributed by atoms with Gasteiger partial charge in [0, 0.05) is 11.6 Å². The van der Waals surface area contributed by atoms with E-state index in [0.29, 0.717) is 38.7 Å². The number of nitrogens with two attached hydrogens (primary N) is 1. The zero-order valence-corrected chi connectivity index (χ0v) is 26.7. The summed E-state index contributed by atoms with van der Waals surface area (Å²) >= 11 is 1.21. The maximum absolute atomic E-state index is 14.2. The molecule has 0 amide bonds. The summed E-state index contributed by atoms with van der Waals surface area (Å²) in [6, 6.07) is 7.74. The summed E-state index contributed by atoms with van der Waals surface area (Å²) in [6.07, 6.45) is 6.01. The largest absolute Gasteiger partial charge is 0.496 e. The van der Waals surface area contributed by atoms with Crippen LogP contribution in [0.15, 0.2) is 50.7 Å². The first kappa shape index (κ1) is 32.0. The highest BCUT2D eigenvalue weighted by atomic mass is 35.5. The minimum absolute atomic E-state index is 0. The number of benzene rings is 1. The van der Waals surface area contributed by atoms with E-state index in [-0.39, 0.29) is 36.5 Å². The lowest BCUT2D eigenvalue weighted by Crippen LogP contribution is -2.52. The molecule has 5 atom stereocenters. The third-order valence-electron chi connectivity index (χ3n) is 9.12. The van der Waals surface area contributed by atoms with Gasteiger partial charge in [-0.1, -0.05) is 18.2 Å². The van der Waals surface area contributed by atoms with Crippen LogP contribution < -0.4 is 21.7 Å². The summed E-state index contributed by atoms with van der Waals surface area (Å²) in [6.45, 7) is 4.48. The lowest BCUT2D eigenvalue weighted by Gasteiger charge is -2.27. The first-order chi connectivity index (χ1) is 20.5. The number of halogens is 1. The number of aryl methyl sites for hydroxylation is 1. The van der Waals surface area contributed by atoms with Crippen LogP contribution in [0, 0.1) is 18.8 Å². The van der Waals surface area contributed by atoms with E-state index in [4.69, 9.17) is 19.6 Å². The summed E-state index contributed by atoms with van der Waals surface area (Å²) in [4.78, 5) is 45.7. The molecule has 0 aliphatic heterocycles. The molecule has 1 aromatic carbocycles. The van der Waals surface area contributed by atoms with E-state index in [1.54, 1.807) is 14.0 Å². The highest BCUT2D eigenvalue weighted by Crippen LogP contribution is 2.46. The Bertz CT molecular complexity index is 1780. The summed E-state index contributed by atoms with van der Waals surface area (Å²) in [7, 11) is 1.59. The number of oxazole rings is 1. The molecule has 2 aliphatic carbocycles. The predicted octanol–water partition coefficient (Wildman–Crippen LogP) is 4.71. The van der Waals surface area contributed by atoms with E-state index < -0.39 is 28.9 Å². The van der Waals surface area contributed by atoms with E-state index in [1.807, 2.05) is 24.3 Å². The van der Waals surface area contributed by atoms with E-state index in [0.717, 1.165) is 35.8 Å². The minimum atomic E-state index is -1.82. The average molecular weight is 645 g/mol. The van der Waals surface area contributed by atoms with Gasteiger partial charge in [-0.25, -0.2) is 19.1 Å². The fourth-order valence-electron chi connectivity index (χ4n) is 6.90. The Hall–Kier alpha value is -3.45. The Kier molecular flexibility index (Phi) is 8.83. The molecule has 236 valence electrons. The molecular formula is C31H37ClN4O7S. The quantitative estimate of drug-likeness (QED) is 0.264. The first-order valence-electron chi connectivity index (χ1n) is 14.5. The van der Waals surface area contributed by atoms with Crippen molar-refractivity contribution >= 4 is 39.9 Å². The van der Waals surface area contributed by atoms with Crippen molar-refractivity contribution in [3.63, 3.8) is 0 Å². The van der Waals surface area contributed by atoms with Crippen molar-refractivity contribution < 1.29 is 23.8 Å². The predicted molar refractivity (Wildman–Crippen MR) is 169 cm³/mol. The SMILES string of the molecule is COc1ccccc1C(Cn1c(=O)n(C(C)(C)C(=O)O)c(=O)c2c(C)c(-c3ncco3)sc21)OC1C[C@H]2CC(N)C[C@H]2C1.Cl. The fourth-order valence-corrected chi connectivity index (χ4v) is 8.14. The van der Waals surface area contributed by atoms with Gasteiger partial charge in [-0.2, -0.15) is 0 Å². The van der Waals surface area contributed by atoms with Crippen LogP contribution >= 0.6 is 23.7 Å². The average Bonchev–Trinajstić information content (AvgIpc) is 3.74. The molecule has 3 heterocycles. The third-order valence-corrected chi connectivity index (χ3v) is 10.4. The van der Waals surface area contributed by atoms with Crippen LogP contribution in [0.2, 0.25) is 0 Å². The number of methoxy groups -OCH3 is 1. The van der Waals surface area contributed by atoms with Crippen molar-refractivity contribution in [2.75, 3.05) is 7.11 Å². The van der Waals surface area contributed by atoms with Crippen molar-refractivity contribution in [2.45, 2.75) is 76.8 Å². The van der Waals surface area contributed by atoms with Gasteiger partial charge in [0.1, 0.15) is 28.5 Å². The molecule has 6 rings (SSSR count). The lowest BCUT2D eigenvalue weighted by molar-refractivity contribution is -0.146. The van der Waals surface area contributed by atoms with Crippen molar-refractivity contribution in [3.05, 3.63) is 68.7 Å². The highest BCUT2D eigenvalue weighted by molar-refractivity contribution is 7.22. The van der Waals surface area contributed by atoms with Gasteiger partial charge in [0.25, 0.3) is 5.56 Å².